The number of likely N-dealkylation sites (tertiary alicyclic amines) is 1. The van der Waals surface area contributed by atoms with Gasteiger partial charge in [-0.1, -0.05) is 13.8 Å². The van der Waals surface area contributed by atoms with Gasteiger partial charge in [0.15, 0.2) is 0 Å². The van der Waals surface area contributed by atoms with Gasteiger partial charge in [0.25, 0.3) is 0 Å². The second kappa shape index (κ2) is 5.94. The number of fused-ring (bicyclic) bond motifs is 5. The fourth-order valence-electron chi connectivity index (χ4n) is 8.83. The molecule has 0 aromatic rings. The van der Waals surface area contributed by atoms with Gasteiger partial charge in [0.1, 0.15) is 5.72 Å². The zero-order valence-electron chi connectivity index (χ0n) is 16.9. The molecule has 26 heavy (non-hydrogen) atoms. The van der Waals surface area contributed by atoms with Gasteiger partial charge in [0, 0.05) is 18.5 Å². The average molecular weight is 362 g/mol. The molecule has 3 nitrogen and oxygen atoms in total. The van der Waals surface area contributed by atoms with Crippen LogP contribution in [0.4, 0.5) is 0 Å². The number of hydrogen-bond donors (Lipinski definition) is 2. The van der Waals surface area contributed by atoms with E-state index in [1.54, 1.807) is 0 Å². The van der Waals surface area contributed by atoms with Gasteiger partial charge in [0.2, 0.25) is 0 Å². The first-order valence-electron chi connectivity index (χ1n) is 11.5. The fraction of sp³-hybridized carbons (Fsp3) is 1.00. The summed E-state index contributed by atoms with van der Waals surface area (Å²) in [5, 5.41) is 22.1. The summed E-state index contributed by atoms with van der Waals surface area (Å²) in [7, 11) is 0. The van der Waals surface area contributed by atoms with Crippen LogP contribution in [0.25, 0.3) is 0 Å². The van der Waals surface area contributed by atoms with Gasteiger partial charge < -0.3 is 10.2 Å². The van der Waals surface area contributed by atoms with Crippen LogP contribution in [0.3, 0.4) is 0 Å². The molecule has 4 saturated carbocycles. The zero-order valence-corrected chi connectivity index (χ0v) is 16.9. The molecule has 0 radical (unpaired) electrons. The van der Waals surface area contributed by atoms with E-state index >= 15 is 0 Å². The van der Waals surface area contributed by atoms with Crippen LogP contribution in [0.1, 0.15) is 84.5 Å². The van der Waals surface area contributed by atoms with Crippen LogP contribution in [0.15, 0.2) is 0 Å². The third-order valence-electron chi connectivity index (χ3n) is 10.4. The molecule has 0 aromatic heterocycles. The smallest absolute Gasteiger partial charge is 0.124 e. The van der Waals surface area contributed by atoms with Crippen molar-refractivity contribution in [2.75, 3.05) is 13.1 Å². The van der Waals surface area contributed by atoms with Gasteiger partial charge in [-0.05, 0) is 99.7 Å². The number of aliphatic hydroxyl groups is 2. The Bertz CT molecular complexity index is 560. The molecule has 3 heteroatoms. The maximum Gasteiger partial charge on any atom is 0.124 e. The molecule has 4 aliphatic carbocycles. The summed E-state index contributed by atoms with van der Waals surface area (Å²) in [5.74, 6) is 3.07. The van der Waals surface area contributed by atoms with Gasteiger partial charge in [0.05, 0.1) is 6.10 Å². The lowest BCUT2D eigenvalue weighted by atomic mass is 9.44. The Morgan fingerprint density at radius 3 is 2.35 bits per heavy atom. The highest BCUT2D eigenvalue weighted by molar-refractivity contribution is 5.14. The monoisotopic (exact) mass is 361 g/mol. The molecule has 148 valence electrons. The minimum atomic E-state index is -0.542. The molecular weight excluding hydrogens is 322 g/mol. The first kappa shape index (κ1) is 17.9. The van der Waals surface area contributed by atoms with E-state index < -0.39 is 5.72 Å². The lowest BCUT2D eigenvalue weighted by Gasteiger charge is -2.62. The Labute approximate surface area is 159 Å². The molecule has 5 fully saturated rings. The molecule has 5 rings (SSSR count). The minimum Gasteiger partial charge on any atom is -0.393 e. The Hall–Kier alpha value is -0.120. The highest BCUT2D eigenvalue weighted by atomic mass is 16.3. The molecule has 0 amide bonds. The Morgan fingerprint density at radius 2 is 1.58 bits per heavy atom. The number of aliphatic hydroxyl groups excluding tert-OH is 1. The van der Waals surface area contributed by atoms with Gasteiger partial charge in [-0.25, -0.2) is 0 Å². The van der Waals surface area contributed by atoms with Crippen LogP contribution in [0.2, 0.25) is 0 Å². The topological polar surface area (TPSA) is 43.7 Å². The molecule has 1 saturated heterocycles. The molecular formula is C23H39NO2. The van der Waals surface area contributed by atoms with E-state index in [1.807, 2.05) is 0 Å². The third-order valence-corrected chi connectivity index (χ3v) is 10.4. The van der Waals surface area contributed by atoms with E-state index in [9.17, 15) is 10.2 Å². The van der Waals surface area contributed by atoms with Gasteiger partial charge in [-0.3, -0.25) is 4.90 Å². The van der Waals surface area contributed by atoms with Gasteiger partial charge in [-0.15, -0.1) is 0 Å². The predicted molar refractivity (Wildman–Crippen MR) is 103 cm³/mol. The van der Waals surface area contributed by atoms with Gasteiger partial charge >= 0.3 is 0 Å². The second-order valence-electron chi connectivity index (χ2n) is 11.1. The van der Waals surface area contributed by atoms with Crippen LogP contribution in [-0.4, -0.2) is 40.0 Å². The van der Waals surface area contributed by atoms with Crippen LogP contribution in [0.5, 0.6) is 0 Å². The number of nitrogens with zero attached hydrogens (tertiary/aromatic N) is 1. The van der Waals surface area contributed by atoms with Crippen molar-refractivity contribution in [3.8, 4) is 0 Å². The largest absolute Gasteiger partial charge is 0.393 e. The summed E-state index contributed by atoms with van der Waals surface area (Å²) in [4.78, 5) is 2.46. The van der Waals surface area contributed by atoms with Crippen molar-refractivity contribution in [2.24, 2.45) is 34.5 Å². The second-order valence-corrected chi connectivity index (χ2v) is 11.1. The Balaban J connectivity index is 1.43. The van der Waals surface area contributed by atoms with Crippen molar-refractivity contribution < 1.29 is 10.2 Å². The molecule has 1 heterocycles. The molecule has 0 bridgehead atoms. The predicted octanol–water partition coefficient (Wildman–Crippen LogP) is 4.17. The average Bonchev–Trinajstić information content (AvgIpc) is 3.24. The van der Waals surface area contributed by atoms with Crippen LogP contribution >= 0.6 is 0 Å². The Morgan fingerprint density at radius 1 is 0.846 bits per heavy atom. The van der Waals surface area contributed by atoms with Crippen molar-refractivity contribution in [1.29, 1.82) is 0 Å². The normalized spacial score (nSPS) is 57.5. The van der Waals surface area contributed by atoms with Crippen molar-refractivity contribution in [3.05, 3.63) is 0 Å². The summed E-state index contributed by atoms with van der Waals surface area (Å²) in [6, 6.07) is 0. The maximum atomic E-state index is 11.9. The van der Waals surface area contributed by atoms with Crippen LogP contribution in [0, 0.1) is 34.5 Å². The summed E-state index contributed by atoms with van der Waals surface area (Å²) < 4.78 is 0. The molecule has 8 atom stereocenters. The summed E-state index contributed by atoms with van der Waals surface area (Å²) in [5.41, 5.74) is -0.00659. The molecule has 0 aromatic carbocycles. The molecule has 3 unspecified atom stereocenters. The van der Waals surface area contributed by atoms with Crippen molar-refractivity contribution in [2.45, 2.75) is 96.3 Å². The minimum absolute atomic E-state index is 0.0507. The summed E-state index contributed by atoms with van der Waals surface area (Å²) in [6.07, 6.45) is 13.1. The summed E-state index contributed by atoms with van der Waals surface area (Å²) in [6.45, 7) is 7.21. The maximum absolute atomic E-state index is 11.9. The highest BCUT2D eigenvalue weighted by Crippen LogP contribution is 2.68. The number of hydrogen-bond acceptors (Lipinski definition) is 3. The zero-order chi connectivity index (χ0) is 18.2. The van der Waals surface area contributed by atoms with E-state index in [1.165, 1.54) is 51.4 Å². The van der Waals surface area contributed by atoms with E-state index in [2.05, 4.69) is 18.7 Å². The molecule has 2 N–H and O–H groups in total. The van der Waals surface area contributed by atoms with Crippen molar-refractivity contribution in [1.82, 2.24) is 4.90 Å². The molecule has 1 aliphatic heterocycles. The van der Waals surface area contributed by atoms with Gasteiger partial charge in [-0.2, -0.15) is 0 Å². The molecule has 5 aliphatic rings. The first-order valence-corrected chi connectivity index (χ1v) is 11.5. The van der Waals surface area contributed by atoms with E-state index in [0.29, 0.717) is 11.3 Å². The van der Waals surface area contributed by atoms with E-state index in [0.717, 1.165) is 50.1 Å². The molecule has 0 spiro atoms. The summed E-state index contributed by atoms with van der Waals surface area (Å²) >= 11 is 0. The van der Waals surface area contributed by atoms with E-state index in [4.69, 9.17) is 0 Å². The van der Waals surface area contributed by atoms with Crippen LogP contribution in [-0.2, 0) is 0 Å². The van der Waals surface area contributed by atoms with Crippen molar-refractivity contribution in [3.63, 3.8) is 0 Å². The lowest BCUT2D eigenvalue weighted by molar-refractivity contribution is -0.210. The Kier molecular flexibility index (Phi) is 4.10. The quantitative estimate of drug-likeness (QED) is 0.736. The SMILES string of the molecule is C[C@]12CCC(O)CC1CC[C@@H]1[C@H]2CC[C@@]2(C)[C@H]1CCC2(O)N1CCCC1. The third kappa shape index (κ3) is 2.23. The van der Waals surface area contributed by atoms with Crippen LogP contribution < -0.4 is 0 Å². The lowest BCUT2D eigenvalue weighted by Crippen LogP contribution is -2.61. The highest BCUT2D eigenvalue weighted by Gasteiger charge is 2.66. The van der Waals surface area contributed by atoms with Crippen molar-refractivity contribution >= 4 is 0 Å². The first-order chi connectivity index (χ1) is 12.4. The standard InChI is InChI=1S/C23H39NO2/c1-21-10-7-17(25)15-16(21)5-6-18-19(21)8-11-22(2)20(18)9-12-23(22,26)24-13-3-4-14-24/h16-20,25-26H,3-15H2,1-2H3/t16?,17?,18-,19-,20+,21+,22+,23?/m1/s1. The fourth-order valence-corrected chi connectivity index (χ4v) is 8.83. The number of rotatable bonds is 1. The van der Waals surface area contributed by atoms with E-state index in [-0.39, 0.29) is 11.5 Å².